The molecule has 6 heteroatoms. The average Bonchev–Trinajstić information content (AvgIpc) is 2.59. The molecule has 0 bridgehead atoms. The molecule has 0 saturated heterocycles. The molecule has 0 saturated carbocycles. The van der Waals surface area contributed by atoms with E-state index in [-0.39, 0.29) is 11.8 Å². The summed E-state index contributed by atoms with van der Waals surface area (Å²) in [5, 5.41) is 10.3. The largest absolute Gasteiger partial charge is 0.349 e. The van der Waals surface area contributed by atoms with Gasteiger partial charge in [-0.05, 0) is 0 Å². The molecule has 0 fully saturated rings. The van der Waals surface area contributed by atoms with Crippen molar-refractivity contribution in [1.82, 2.24) is 20.1 Å². The molecule has 0 spiro atoms. The topological polar surface area (TPSA) is 85.8 Å². The van der Waals surface area contributed by atoms with Crippen molar-refractivity contribution in [1.29, 1.82) is 0 Å². The summed E-state index contributed by atoms with van der Waals surface area (Å²) in [6.07, 6.45) is 1.59. The van der Waals surface area contributed by atoms with E-state index in [0.29, 0.717) is 13.1 Å². The van der Waals surface area contributed by atoms with Crippen LogP contribution in [0.1, 0.15) is 12.7 Å². The maximum Gasteiger partial charge on any atom is 0.224 e. The highest BCUT2D eigenvalue weighted by Crippen LogP contribution is 1.94. The van der Waals surface area contributed by atoms with Crippen molar-refractivity contribution in [2.75, 3.05) is 6.54 Å². The molecular formula is C8H15N5O. The maximum atomic E-state index is 11.3. The summed E-state index contributed by atoms with van der Waals surface area (Å²) in [5.41, 5.74) is 5.36. The second-order valence-corrected chi connectivity index (χ2v) is 3.21. The molecule has 0 aliphatic rings. The van der Waals surface area contributed by atoms with Crippen molar-refractivity contribution < 1.29 is 4.79 Å². The molecule has 78 valence electrons. The summed E-state index contributed by atoms with van der Waals surface area (Å²) >= 11 is 0. The first kappa shape index (κ1) is 10.6. The third-order valence-electron chi connectivity index (χ3n) is 2.03. The number of aryl methyl sites for hydroxylation is 1. The molecule has 1 unspecified atom stereocenters. The fraction of sp³-hybridized carbons (Fsp3) is 0.625. The van der Waals surface area contributed by atoms with Gasteiger partial charge in [-0.15, -0.1) is 10.2 Å². The van der Waals surface area contributed by atoms with E-state index in [1.165, 1.54) is 0 Å². The fourth-order valence-electron chi connectivity index (χ4n) is 0.915. The lowest BCUT2D eigenvalue weighted by Crippen LogP contribution is -2.33. The lowest BCUT2D eigenvalue weighted by molar-refractivity contribution is -0.124. The van der Waals surface area contributed by atoms with Gasteiger partial charge in [0.05, 0.1) is 6.54 Å². The van der Waals surface area contributed by atoms with Crippen molar-refractivity contribution in [3.05, 3.63) is 12.2 Å². The van der Waals surface area contributed by atoms with E-state index in [0.717, 1.165) is 5.82 Å². The van der Waals surface area contributed by atoms with Crippen LogP contribution in [0.2, 0.25) is 0 Å². The van der Waals surface area contributed by atoms with Crippen LogP contribution in [0.4, 0.5) is 0 Å². The Bertz CT molecular complexity index is 308. The van der Waals surface area contributed by atoms with Crippen molar-refractivity contribution in [2.24, 2.45) is 18.7 Å². The second-order valence-electron chi connectivity index (χ2n) is 3.21. The first-order valence-electron chi connectivity index (χ1n) is 4.45. The maximum absolute atomic E-state index is 11.3. The van der Waals surface area contributed by atoms with E-state index in [1.54, 1.807) is 17.8 Å². The van der Waals surface area contributed by atoms with Gasteiger partial charge in [-0.3, -0.25) is 4.79 Å². The summed E-state index contributed by atoms with van der Waals surface area (Å²) in [5.74, 6) is 0.501. The van der Waals surface area contributed by atoms with Gasteiger partial charge in [0.2, 0.25) is 5.91 Å². The van der Waals surface area contributed by atoms with Gasteiger partial charge < -0.3 is 15.6 Å². The van der Waals surface area contributed by atoms with Crippen molar-refractivity contribution in [3.8, 4) is 0 Å². The summed E-state index contributed by atoms with van der Waals surface area (Å²) < 4.78 is 1.76. The van der Waals surface area contributed by atoms with Gasteiger partial charge >= 0.3 is 0 Å². The third-order valence-corrected chi connectivity index (χ3v) is 2.03. The molecule has 6 nitrogen and oxygen atoms in total. The number of carbonyl (C=O) groups is 1. The zero-order valence-corrected chi connectivity index (χ0v) is 8.40. The van der Waals surface area contributed by atoms with Crippen LogP contribution in [0.3, 0.4) is 0 Å². The molecule has 1 aromatic rings. The standard InChI is InChI=1S/C8H15N5O/c1-6(3-9)8(14)10-4-7-12-11-5-13(7)2/h5-6H,3-4,9H2,1-2H3,(H,10,14). The SMILES string of the molecule is CC(CN)C(=O)NCc1nncn1C. The van der Waals surface area contributed by atoms with E-state index in [1.807, 2.05) is 7.05 Å². The Morgan fingerprint density at radius 3 is 3.00 bits per heavy atom. The van der Waals surface area contributed by atoms with Crippen LogP contribution in [0.5, 0.6) is 0 Å². The van der Waals surface area contributed by atoms with Gasteiger partial charge in [-0.25, -0.2) is 0 Å². The molecule has 1 aromatic heterocycles. The van der Waals surface area contributed by atoms with E-state index >= 15 is 0 Å². The van der Waals surface area contributed by atoms with Gasteiger partial charge in [-0.2, -0.15) is 0 Å². The van der Waals surface area contributed by atoms with Crippen LogP contribution in [0.25, 0.3) is 0 Å². The molecule has 0 radical (unpaired) electrons. The number of hydrogen-bond acceptors (Lipinski definition) is 4. The average molecular weight is 197 g/mol. The van der Waals surface area contributed by atoms with E-state index < -0.39 is 0 Å². The lowest BCUT2D eigenvalue weighted by atomic mass is 10.2. The number of nitrogens with two attached hydrogens (primary N) is 1. The first-order valence-corrected chi connectivity index (χ1v) is 4.45. The molecule has 1 heterocycles. The summed E-state index contributed by atoms with van der Waals surface area (Å²) in [7, 11) is 1.83. The minimum Gasteiger partial charge on any atom is -0.349 e. The zero-order valence-electron chi connectivity index (χ0n) is 8.40. The molecular weight excluding hydrogens is 182 g/mol. The molecule has 0 aliphatic carbocycles. The number of nitrogens with one attached hydrogen (secondary N) is 1. The van der Waals surface area contributed by atoms with Crippen LogP contribution in [0, 0.1) is 5.92 Å². The smallest absolute Gasteiger partial charge is 0.224 e. The highest BCUT2D eigenvalue weighted by atomic mass is 16.1. The predicted octanol–water partition coefficient (Wildman–Crippen LogP) is -0.974. The number of rotatable bonds is 4. The van der Waals surface area contributed by atoms with E-state index in [9.17, 15) is 4.79 Å². The molecule has 0 aromatic carbocycles. The molecule has 3 N–H and O–H groups in total. The van der Waals surface area contributed by atoms with Crippen molar-refractivity contribution in [3.63, 3.8) is 0 Å². The monoisotopic (exact) mass is 197 g/mol. The number of aromatic nitrogens is 3. The quantitative estimate of drug-likeness (QED) is 0.650. The third kappa shape index (κ3) is 2.53. The summed E-state index contributed by atoms with van der Waals surface area (Å²) in [6, 6.07) is 0. The zero-order chi connectivity index (χ0) is 10.6. The first-order chi connectivity index (χ1) is 6.65. The summed E-state index contributed by atoms with van der Waals surface area (Å²) in [4.78, 5) is 11.3. The Labute approximate surface area is 82.5 Å². The fourth-order valence-corrected chi connectivity index (χ4v) is 0.915. The highest BCUT2D eigenvalue weighted by Gasteiger charge is 2.10. The number of amides is 1. The highest BCUT2D eigenvalue weighted by molar-refractivity contribution is 5.78. The van der Waals surface area contributed by atoms with Crippen LogP contribution in [0.15, 0.2) is 6.33 Å². The van der Waals surface area contributed by atoms with Crippen LogP contribution < -0.4 is 11.1 Å². The van der Waals surface area contributed by atoms with Gasteiger partial charge in [0.25, 0.3) is 0 Å². The van der Waals surface area contributed by atoms with Crippen molar-refractivity contribution >= 4 is 5.91 Å². The number of carbonyl (C=O) groups excluding carboxylic acids is 1. The Kier molecular flexibility index (Phi) is 3.58. The second kappa shape index (κ2) is 4.71. The van der Waals surface area contributed by atoms with E-state index in [4.69, 9.17) is 5.73 Å². The Hall–Kier alpha value is -1.43. The Morgan fingerprint density at radius 2 is 2.50 bits per heavy atom. The number of nitrogens with zero attached hydrogens (tertiary/aromatic N) is 3. The minimum atomic E-state index is -0.164. The number of hydrogen-bond donors (Lipinski definition) is 2. The van der Waals surface area contributed by atoms with E-state index in [2.05, 4.69) is 15.5 Å². The van der Waals surface area contributed by atoms with Crippen LogP contribution in [-0.2, 0) is 18.4 Å². The van der Waals surface area contributed by atoms with Gasteiger partial charge in [0.1, 0.15) is 6.33 Å². The molecule has 14 heavy (non-hydrogen) atoms. The summed E-state index contributed by atoms with van der Waals surface area (Å²) in [6.45, 7) is 2.52. The molecule has 1 rings (SSSR count). The van der Waals surface area contributed by atoms with Crippen LogP contribution >= 0.6 is 0 Å². The minimum absolute atomic E-state index is 0.0597. The molecule has 1 amide bonds. The predicted molar refractivity (Wildman–Crippen MR) is 51.1 cm³/mol. The lowest BCUT2D eigenvalue weighted by Gasteiger charge is -2.08. The van der Waals surface area contributed by atoms with Gasteiger partial charge in [0.15, 0.2) is 5.82 Å². The van der Waals surface area contributed by atoms with Crippen LogP contribution in [-0.4, -0.2) is 27.2 Å². The van der Waals surface area contributed by atoms with Gasteiger partial charge in [0, 0.05) is 19.5 Å². The Morgan fingerprint density at radius 1 is 1.79 bits per heavy atom. The van der Waals surface area contributed by atoms with Gasteiger partial charge in [-0.1, -0.05) is 6.92 Å². The normalized spacial score (nSPS) is 12.5. The molecule has 0 aliphatic heterocycles. The Balaban J connectivity index is 2.41. The molecule has 1 atom stereocenters. The van der Waals surface area contributed by atoms with Crippen molar-refractivity contribution in [2.45, 2.75) is 13.5 Å².